The van der Waals surface area contributed by atoms with Crippen LogP contribution in [-0.4, -0.2) is 36.7 Å². The summed E-state index contributed by atoms with van der Waals surface area (Å²) >= 11 is 0. The molecule has 0 aliphatic heterocycles. The van der Waals surface area contributed by atoms with Crippen LogP contribution < -0.4 is 0 Å². The van der Waals surface area contributed by atoms with Crippen molar-refractivity contribution in [1.29, 1.82) is 0 Å². The molecule has 0 aliphatic rings. The van der Waals surface area contributed by atoms with Crippen LogP contribution in [0.5, 0.6) is 0 Å². The molecule has 4 nitrogen and oxygen atoms in total. The molecular weight excluding hydrogens is 285 g/mol. The normalized spacial score (nSPS) is 14.1. The van der Waals surface area contributed by atoms with E-state index in [9.17, 15) is 26.4 Å². The summed E-state index contributed by atoms with van der Waals surface area (Å²) in [5, 5.41) is 7.05. The highest BCUT2D eigenvalue weighted by molar-refractivity contribution is 7.92. The molecule has 1 unspecified atom stereocenters. The van der Waals surface area contributed by atoms with Crippen LogP contribution in [0.25, 0.3) is 0 Å². The van der Waals surface area contributed by atoms with E-state index in [2.05, 4.69) is 6.58 Å². The first-order chi connectivity index (χ1) is 8.60. The smallest absolute Gasteiger partial charge is 0.390 e. The Labute approximate surface area is 110 Å². The summed E-state index contributed by atoms with van der Waals surface area (Å²) in [6, 6.07) is 0. The lowest BCUT2D eigenvalue weighted by Crippen LogP contribution is -2.33. The molecule has 0 saturated heterocycles. The predicted octanol–water partition coefficient (Wildman–Crippen LogP) is 2.55. The van der Waals surface area contributed by atoms with E-state index in [0.29, 0.717) is 19.3 Å². The first-order valence-corrected chi connectivity index (χ1v) is 7.43. The Kier molecular flexibility index (Phi) is 7.10. The Morgan fingerprint density at radius 3 is 2.32 bits per heavy atom. The molecule has 0 aromatic heterocycles. The van der Waals surface area contributed by atoms with E-state index < -0.39 is 39.4 Å². The molecule has 8 heteroatoms. The minimum Gasteiger partial charge on any atom is -0.480 e. The Balaban J connectivity index is 4.58. The Morgan fingerprint density at radius 2 is 1.89 bits per heavy atom. The van der Waals surface area contributed by atoms with Crippen LogP contribution in [0, 0.1) is 0 Å². The molecule has 112 valence electrons. The maximum absolute atomic E-state index is 12.0. The number of hydrogen-bond acceptors (Lipinski definition) is 3. The van der Waals surface area contributed by atoms with E-state index in [-0.39, 0.29) is 6.42 Å². The van der Waals surface area contributed by atoms with Gasteiger partial charge in [0.1, 0.15) is 0 Å². The Bertz CT molecular complexity index is 401. The number of aliphatic carboxylic acids is 1. The highest BCUT2D eigenvalue weighted by atomic mass is 32.2. The molecule has 0 saturated carbocycles. The number of alkyl halides is 3. The van der Waals surface area contributed by atoms with E-state index in [1.165, 1.54) is 0 Å². The highest BCUT2D eigenvalue weighted by Gasteiger charge is 2.36. The highest BCUT2D eigenvalue weighted by Crippen LogP contribution is 2.22. The van der Waals surface area contributed by atoms with Crippen molar-refractivity contribution < 1.29 is 31.5 Å². The van der Waals surface area contributed by atoms with E-state index in [0.717, 1.165) is 0 Å². The SMILES string of the molecule is C=CCCCCC(C(=O)O)S(=O)(=O)CCC(F)(F)F. The number of carboxylic acid groups (broad SMARTS) is 1. The molecule has 0 aromatic carbocycles. The minimum absolute atomic E-state index is 0.177. The second-order valence-corrected chi connectivity index (χ2v) is 6.44. The van der Waals surface area contributed by atoms with E-state index in [4.69, 9.17) is 5.11 Å². The summed E-state index contributed by atoms with van der Waals surface area (Å²) < 4.78 is 59.1. The molecule has 19 heavy (non-hydrogen) atoms. The molecule has 0 radical (unpaired) electrons. The summed E-state index contributed by atoms with van der Waals surface area (Å²) in [5.74, 6) is -2.78. The maximum atomic E-state index is 12.0. The van der Waals surface area contributed by atoms with Gasteiger partial charge in [-0.05, 0) is 19.3 Å². The lowest BCUT2D eigenvalue weighted by molar-refractivity contribution is -0.137. The van der Waals surface area contributed by atoms with Gasteiger partial charge in [-0.15, -0.1) is 6.58 Å². The van der Waals surface area contributed by atoms with Gasteiger partial charge in [0.05, 0.1) is 12.2 Å². The third kappa shape index (κ3) is 7.86. The van der Waals surface area contributed by atoms with Gasteiger partial charge in [-0.2, -0.15) is 13.2 Å². The molecule has 0 aromatic rings. The fourth-order valence-corrected chi connectivity index (χ4v) is 3.11. The van der Waals surface area contributed by atoms with Gasteiger partial charge >= 0.3 is 12.1 Å². The lowest BCUT2D eigenvalue weighted by Gasteiger charge is -2.14. The maximum Gasteiger partial charge on any atom is 0.390 e. The topological polar surface area (TPSA) is 71.4 Å². The lowest BCUT2D eigenvalue weighted by atomic mass is 10.1. The first kappa shape index (κ1) is 17.9. The molecule has 1 atom stereocenters. The summed E-state index contributed by atoms with van der Waals surface area (Å²) in [6.45, 7) is 3.46. The number of carbonyl (C=O) groups is 1. The number of unbranched alkanes of at least 4 members (excludes halogenated alkanes) is 2. The van der Waals surface area contributed by atoms with Gasteiger partial charge in [-0.1, -0.05) is 12.5 Å². The standard InChI is InChI=1S/C11H17F3O4S/c1-2-3-4-5-6-9(10(15)16)19(17,18)8-7-11(12,13)14/h2,9H,1,3-8H2,(H,15,16). The van der Waals surface area contributed by atoms with Crippen molar-refractivity contribution in [3.8, 4) is 0 Å². The van der Waals surface area contributed by atoms with Crippen molar-refractivity contribution in [3.05, 3.63) is 12.7 Å². The van der Waals surface area contributed by atoms with Gasteiger partial charge in [-0.3, -0.25) is 4.79 Å². The van der Waals surface area contributed by atoms with Gasteiger partial charge in [0, 0.05) is 0 Å². The quantitative estimate of drug-likeness (QED) is 0.525. The van der Waals surface area contributed by atoms with Gasteiger partial charge in [-0.25, -0.2) is 8.42 Å². The van der Waals surface area contributed by atoms with E-state index >= 15 is 0 Å². The average Bonchev–Trinajstić information content (AvgIpc) is 2.25. The molecule has 0 rings (SSSR count). The number of halogens is 3. The summed E-state index contributed by atoms with van der Waals surface area (Å²) in [5.41, 5.74) is 0. The molecule has 0 heterocycles. The van der Waals surface area contributed by atoms with Gasteiger partial charge in [0.15, 0.2) is 15.1 Å². The van der Waals surface area contributed by atoms with Gasteiger partial charge in [0.2, 0.25) is 0 Å². The summed E-state index contributed by atoms with van der Waals surface area (Å²) in [6.07, 6.45) is -3.23. The van der Waals surface area contributed by atoms with Crippen LogP contribution in [0.1, 0.15) is 32.1 Å². The van der Waals surface area contributed by atoms with Crippen LogP contribution in [0.4, 0.5) is 13.2 Å². The van der Waals surface area contributed by atoms with Crippen LogP contribution >= 0.6 is 0 Å². The number of rotatable bonds is 9. The molecule has 0 aliphatic carbocycles. The van der Waals surface area contributed by atoms with Crippen molar-refractivity contribution in [3.63, 3.8) is 0 Å². The van der Waals surface area contributed by atoms with Crippen molar-refractivity contribution in [1.82, 2.24) is 0 Å². The van der Waals surface area contributed by atoms with E-state index in [1.807, 2.05) is 0 Å². The van der Waals surface area contributed by atoms with Crippen molar-refractivity contribution >= 4 is 15.8 Å². The second-order valence-electron chi connectivity index (χ2n) is 4.13. The van der Waals surface area contributed by atoms with Crippen LogP contribution in [0.15, 0.2) is 12.7 Å². The largest absolute Gasteiger partial charge is 0.480 e. The summed E-state index contributed by atoms with van der Waals surface area (Å²) in [4.78, 5) is 10.9. The summed E-state index contributed by atoms with van der Waals surface area (Å²) in [7, 11) is -4.29. The molecule has 0 amide bonds. The third-order valence-corrected chi connectivity index (χ3v) is 4.58. The predicted molar refractivity (Wildman–Crippen MR) is 64.5 cm³/mol. The van der Waals surface area contributed by atoms with Crippen molar-refractivity contribution in [2.45, 2.75) is 43.5 Å². The van der Waals surface area contributed by atoms with Crippen LogP contribution in [-0.2, 0) is 14.6 Å². The average molecular weight is 302 g/mol. The third-order valence-electron chi connectivity index (χ3n) is 2.50. The Morgan fingerprint density at radius 1 is 1.32 bits per heavy atom. The number of allylic oxidation sites excluding steroid dienone is 1. The van der Waals surface area contributed by atoms with Crippen molar-refractivity contribution in [2.24, 2.45) is 0 Å². The molecule has 0 bridgehead atoms. The zero-order valence-corrected chi connectivity index (χ0v) is 11.1. The molecule has 1 N–H and O–H groups in total. The van der Waals surface area contributed by atoms with Crippen molar-refractivity contribution in [2.75, 3.05) is 5.75 Å². The van der Waals surface area contributed by atoms with Gasteiger partial charge in [0.25, 0.3) is 0 Å². The number of sulfone groups is 1. The molecule has 0 fully saturated rings. The minimum atomic E-state index is -4.61. The van der Waals surface area contributed by atoms with Crippen LogP contribution in [0.3, 0.4) is 0 Å². The second kappa shape index (κ2) is 7.52. The zero-order chi connectivity index (χ0) is 15.1. The monoisotopic (exact) mass is 302 g/mol. The number of carboxylic acids is 1. The van der Waals surface area contributed by atoms with Gasteiger partial charge < -0.3 is 5.11 Å². The molecule has 0 spiro atoms. The van der Waals surface area contributed by atoms with E-state index in [1.54, 1.807) is 6.08 Å². The fourth-order valence-electron chi connectivity index (χ4n) is 1.48. The van der Waals surface area contributed by atoms with Crippen LogP contribution in [0.2, 0.25) is 0 Å². The number of hydrogen-bond donors (Lipinski definition) is 1. The fraction of sp³-hybridized carbons (Fsp3) is 0.727. The molecular formula is C11H17F3O4S. The first-order valence-electron chi connectivity index (χ1n) is 5.72. The Hall–Kier alpha value is -1.05. The zero-order valence-electron chi connectivity index (χ0n) is 10.3.